The predicted octanol–water partition coefficient (Wildman–Crippen LogP) is 3.98. The highest BCUT2D eigenvalue weighted by Gasteiger charge is 2.13. The van der Waals surface area contributed by atoms with Crippen molar-refractivity contribution in [3.8, 4) is 0 Å². The lowest BCUT2D eigenvalue weighted by Gasteiger charge is -2.18. The monoisotopic (exact) mass is 312 g/mol. The van der Waals surface area contributed by atoms with Crippen molar-refractivity contribution in [3.63, 3.8) is 0 Å². The number of carboxylic acids is 1. The molecule has 1 aromatic carbocycles. The molecule has 0 aliphatic carbocycles. The van der Waals surface area contributed by atoms with E-state index in [-0.39, 0.29) is 17.3 Å². The van der Waals surface area contributed by atoms with Crippen molar-refractivity contribution in [1.82, 2.24) is 5.32 Å². The van der Waals surface area contributed by atoms with Crippen LogP contribution in [-0.2, 0) is 0 Å². The van der Waals surface area contributed by atoms with Gasteiger partial charge in [-0.3, -0.25) is 0 Å². The van der Waals surface area contributed by atoms with Crippen molar-refractivity contribution in [3.05, 3.63) is 28.8 Å². The second-order valence-corrected chi connectivity index (χ2v) is 5.66. The summed E-state index contributed by atoms with van der Waals surface area (Å²) < 4.78 is 0. The van der Waals surface area contributed by atoms with Gasteiger partial charge < -0.3 is 15.7 Å². The molecule has 0 bridgehead atoms. The quantitative estimate of drug-likeness (QED) is 0.743. The molecule has 2 unspecified atom stereocenters. The summed E-state index contributed by atoms with van der Waals surface area (Å²) in [6.07, 6.45) is 1.94. The fourth-order valence-electron chi connectivity index (χ4n) is 1.97. The van der Waals surface area contributed by atoms with Crippen LogP contribution in [0.3, 0.4) is 0 Å². The highest BCUT2D eigenvalue weighted by atomic mass is 35.5. The van der Waals surface area contributed by atoms with Gasteiger partial charge in [0.05, 0.1) is 16.3 Å². The molecule has 0 fully saturated rings. The summed E-state index contributed by atoms with van der Waals surface area (Å²) in [5, 5.41) is 14.6. The van der Waals surface area contributed by atoms with Gasteiger partial charge in [0.15, 0.2) is 0 Å². The summed E-state index contributed by atoms with van der Waals surface area (Å²) >= 11 is 5.95. The number of halogens is 1. The minimum Gasteiger partial charge on any atom is -0.478 e. The third kappa shape index (κ3) is 5.63. The molecule has 21 heavy (non-hydrogen) atoms. The summed E-state index contributed by atoms with van der Waals surface area (Å²) in [4.78, 5) is 22.8. The lowest BCUT2D eigenvalue weighted by molar-refractivity contribution is 0.0697. The van der Waals surface area contributed by atoms with Crippen LogP contribution in [0.2, 0.25) is 5.02 Å². The maximum atomic E-state index is 11.9. The second kappa shape index (κ2) is 7.88. The number of urea groups is 1. The average Bonchev–Trinajstić information content (AvgIpc) is 2.40. The highest BCUT2D eigenvalue weighted by Crippen LogP contribution is 2.23. The smallest absolute Gasteiger partial charge is 0.335 e. The second-order valence-electron chi connectivity index (χ2n) is 5.25. The number of amides is 2. The molecule has 0 radical (unpaired) electrons. The van der Waals surface area contributed by atoms with Gasteiger partial charge in [0.25, 0.3) is 0 Å². The Morgan fingerprint density at radius 2 is 2.00 bits per heavy atom. The number of carbonyl (C=O) groups is 2. The number of carbonyl (C=O) groups excluding carboxylic acids is 1. The number of anilines is 1. The molecule has 0 saturated heterocycles. The summed E-state index contributed by atoms with van der Waals surface area (Å²) in [6.45, 7) is 6.17. The molecule has 0 spiro atoms. The molecule has 0 heterocycles. The van der Waals surface area contributed by atoms with Crippen LogP contribution in [0, 0.1) is 5.92 Å². The van der Waals surface area contributed by atoms with Gasteiger partial charge in [-0.05, 0) is 37.5 Å². The Kier molecular flexibility index (Phi) is 6.49. The van der Waals surface area contributed by atoms with E-state index in [1.165, 1.54) is 18.2 Å². The largest absolute Gasteiger partial charge is 0.478 e. The van der Waals surface area contributed by atoms with Crippen molar-refractivity contribution >= 4 is 29.3 Å². The number of hydrogen-bond acceptors (Lipinski definition) is 2. The van der Waals surface area contributed by atoms with E-state index in [0.29, 0.717) is 10.9 Å². The minimum absolute atomic E-state index is 0.0291. The third-order valence-electron chi connectivity index (χ3n) is 3.29. The first kappa shape index (κ1) is 17.3. The van der Waals surface area contributed by atoms with E-state index >= 15 is 0 Å². The van der Waals surface area contributed by atoms with E-state index in [9.17, 15) is 9.59 Å². The molecule has 6 heteroatoms. The SMILES string of the molecule is CCC(C)CC(C)NC(=O)Nc1cc(C(=O)O)ccc1Cl. The molecule has 1 aromatic rings. The summed E-state index contributed by atoms with van der Waals surface area (Å²) in [7, 11) is 0. The number of aromatic carboxylic acids is 1. The molecule has 2 atom stereocenters. The average molecular weight is 313 g/mol. The number of nitrogens with one attached hydrogen (secondary N) is 2. The van der Waals surface area contributed by atoms with Crippen molar-refractivity contribution in [2.75, 3.05) is 5.32 Å². The Hall–Kier alpha value is -1.75. The number of rotatable bonds is 6. The van der Waals surface area contributed by atoms with Crippen LogP contribution in [0.4, 0.5) is 10.5 Å². The van der Waals surface area contributed by atoms with E-state index in [4.69, 9.17) is 16.7 Å². The fourth-order valence-corrected chi connectivity index (χ4v) is 2.13. The van der Waals surface area contributed by atoms with Crippen molar-refractivity contribution in [2.24, 2.45) is 5.92 Å². The molecule has 3 N–H and O–H groups in total. The van der Waals surface area contributed by atoms with Crippen LogP contribution >= 0.6 is 11.6 Å². The number of benzene rings is 1. The van der Waals surface area contributed by atoms with Crippen LogP contribution < -0.4 is 10.6 Å². The fraction of sp³-hybridized carbons (Fsp3) is 0.467. The molecular weight excluding hydrogens is 292 g/mol. The minimum atomic E-state index is -1.07. The maximum Gasteiger partial charge on any atom is 0.335 e. The van der Waals surface area contributed by atoms with E-state index in [2.05, 4.69) is 24.5 Å². The van der Waals surface area contributed by atoms with E-state index in [0.717, 1.165) is 12.8 Å². The Labute approximate surface area is 129 Å². The summed E-state index contributed by atoms with van der Waals surface area (Å²) in [5.74, 6) is -0.542. The number of hydrogen-bond donors (Lipinski definition) is 3. The maximum absolute atomic E-state index is 11.9. The van der Waals surface area contributed by atoms with Crippen LogP contribution in [0.25, 0.3) is 0 Å². The Balaban J connectivity index is 2.66. The van der Waals surface area contributed by atoms with Crippen LogP contribution in [0.5, 0.6) is 0 Å². The summed E-state index contributed by atoms with van der Waals surface area (Å²) in [5.41, 5.74) is 0.354. The molecule has 0 aliphatic rings. The lowest BCUT2D eigenvalue weighted by Crippen LogP contribution is -2.37. The van der Waals surface area contributed by atoms with Gasteiger partial charge in [0.1, 0.15) is 0 Å². The first-order valence-corrected chi connectivity index (χ1v) is 7.31. The first-order valence-electron chi connectivity index (χ1n) is 6.93. The van der Waals surface area contributed by atoms with Gasteiger partial charge in [-0.2, -0.15) is 0 Å². The predicted molar refractivity (Wildman–Crippen MR) is 84.1 cm³/mol. The van der Waals surface area contributed by atoms with E-state index in [1.807, 2.05) is 6.92 Å². The zero-order valence-electron chi connectivity index (χ0n) is 12.4. The highest BCUT2D eigenvalue weighted by molar-refractivity contribution is 6.33. The van der Waals surface area contributed by atoms with Crippen LogP contribution in [0.1, 0.15) is 44.0 Å². The standard InChI is InChI=1S/C15H21ClN2O3/c1-4-9(2)7-10(3)17-15(21)18-13-8-11(14(19)20)5-6-12(13)16/h5-6,8-10H,4,7H2,1-3H3,(H,19,20)(H2,17,18,21). The van der Waals surface area contributed by atoms with Crippen molar-refractivity contribution in [1.29, 1.82) is 0 Å². The lowest BCUT2D eigenvalue weighted by atomic mass is 10.0. The molecule has 0 aliphatic heterocycles. The number of carboxylic acid groups (broad SMARTS) is 1. The zero-order chi connectivity index (χ0) is 16.0. The molecule has 5 nitrogen and oxygen atoms in total. The normalized spacial score (nSPS) is 13.3. The Morgan fingerprint density at radius 3 is 2.57 bits per heavy atom. The molecule has 1 rings (SSSR count). The van der Waals surface area contributed by atoms with Gasteiger partial charge in [0, 0.05) is 6.04 Å². The van der Waals surface area contributed by atoms with Gasteiger partial charge in [-0.25, -0.2) is 9.59 Å². The van der Waals surface area contributed by atoms with Crippen LogP contribution in [-0.4, -0.2) is 23.1 Å². The molecule has 0 saturated carbocycles. The van der Waals surface area contributed by atoms with E-state index < -0.39 is 12.0 Å². The van der Waals surface area contributed by atoms with Crippen molar-refractivity contribution in [2.45, 2.75) is 39.7 Å². The van der Waals surface area contributed by atoms with Crippen LogP contribution in [0.15, 0.2) is 18.2 Å². The summed E-state index contributed by atoms with van der Waals surface area (Å²) in [6, 6.07) is 3.81. The van der Waals surface area contributed by atoms with Crippen molar-refractivity contribution < 1.29 is 14.7 Å². The van der Waals surface area contributed by atoms with Gasteiger partial charge >= 0.3 is 12.0 Å². The zero-order valence-corrected chi connectivity index (χ0v) is 13.2. The topological polar surface area (TPSA) is 78.4 Å². The third-order valence-corrected chi connectivity index (χ3v) is 3.62. The first-order chi connectivity index (χ1) is 9.83. The molecule has 2 amide bonds. The van der Waals surface area contributed by atoms with E-state index in [1.54, 1.807) is 0 Å². The van der Waals surface area contributed by atoms with Gasteiger partial charge in [-0.15, -0.1) is 0 Å². The van der Waals surface area contributed by atoms with Gasteiger partial charge in [-0.1, -0.05) is 31.9 Å². The Morgan fingerprint density at radius 1 is 1.33 bits per heavy atom. The molecule has 116 valence electrons. The van der Waals surface area contributed by atoms with Gasteiger partial charge in [0.2, 0.25) is 0 Å². The molecular formula is C15H21ClN2O3. The Bertz CT molecular complexity index is 520. The molecule has 0 aromatic heterocycles.